The maximum Gasteiger partial charge on any atom is 0.337 e. The molecule has 2 aromatic rings. The SMILES string of the molecule is COC(=O)[C@@H]1O[C@@H]2COC(C)(C)O[C@@H]2[C@H](n2cc(-c3cc(F)c(F)c(F)c3)nn2)[C@H]1O. The van der Waals surface area contributed by atoms with Crippen molar-refractivity contribution < 1.29 is 42.0 Å². The number of methoxy groups -OCH3 is 1. The monoisotopic (exact) mass is 443 g/mol. The molecule has 0 spiro atoms. The van der Waals surface area contributed by atoms with E-state index in [9.17, 15) is 23.1 Å². The molecule has 12 heteroatoms. The van der Waals surface area contributed by atoms with Gasteiger partial charge in [-0.3, -0.25) is 0 Å². The summed E-state index contributed by atoms with van der Waals surface area (Å²) in [6.45, 7) is 3.43. The fourth-order valence-corrected chi connectivity index (χ4v) is 3.74. The minimum absolute atomic E-state index is 0.0222. The number of aliphatic hydroxyl groups is 1. The minimum atomic E-state index is -1.60. The zero-order valence-electron chi connectivity index (χ0n) is 16.8. The van der Waals surface area contributed by atoms with Gasteiger partial charge in [-0.2, -0.15) is 0 Å². The molecule has 0 bridgehead atoms. The van der Waals surface area contributed by atoms with E-state index in [0.717, 1.165) is 19.2 Å². The van der Waals surface area contributed by atoms with Crippen molar-refractivity contribution >= 4 is 5.97 Å². The van der Waals surface area contributed by atoms with Crippen LogP contribution in [0, 0.1) is 17.5 Å². The molecule has 1 N–H and O–H groups in total. The Hall–Kier alpha value is -2.54. The average molecular weight is 443 g/mol. The van der Waals surface area contributed by atoms with E-state index in [1.807, 2.05) is 0 Å². The molecule has 9 nitrogen and oxygen atoms in total. The summed E-state index contributed by atoms with van der Waals surface area (Å²) in [6, 6.07) is 0.588. The van der Waals surface area contributed by atoms with Crippen molar-refractivity contribution in [3.8, 4) is 11.3 Å². The molecule has 5 atom stereocenters. The van der Waals surface area contributed by atoms with Crippen LogP contribution in [-0.2, 0) is 23.7 Å². The third kappa shape index (κ3) is 3.91. The van der Waals surface area contributed by atoms with Crippen LogP contribution in [0.25, 0.3) is 11.3 Å². The summed E-state index contributed by atoms with van der Waals surface area (Å²) < 4.78 is 63.6. The molecule has 1 aromatic heterocycles. The normalized spacial score (nSPS) is 30.0. The van der Waals surface area contributed by atoms with Gasteiger partial charge in [0.05, 0.1) is 19.9 Å². The van der Waals surface area contributed by atoms with Crippen LogP contribution in [0.3, 0.4) is 0 Å². The number of nitrogens with zero attached hydrogens (tertiary/aromatic N) is 3. The van der Waals surface area contributed by atoms with Crippen molar-refractivity contribution in [3.63, 3.8) is 0 Å². The van der Waals surface area contributed by atoms with Crippen LogP contribution >= 0.6 is 0 Å². The van der Waals surface area contributed by atoms with Gasteiger partial charge in [0.15, 0.2) is 29.3 Å². The van der Waals surface area contributed by atoms with Crippen molar-refractivity contribution in [3.05, 3.63) is 35.8 Å². The van der Waals surface area contributed by atoms with Crippen LogP contribution in [-0.4, -0.2) is 70.0 Å². The van der Waals surface area contributed by atoms with Crippen LogP contribution < -0.4 is 0 Å². The summed E-state index contributed by atoms with van der Waals surface area (Å²) in [5.74, 6) is -6.17. The summed E-state index contributed by atoms with van der Waals surface area (Å²) in [7, 11) is 1.15. The van der Waals surface area contributed by atoms with Gasteiger partial charge in [-0.1, -0.05) is 5.21 Å². The lowest BCUT2D eigenvalue weighted by atomic mass is 9.91. The lowest BCUT2D eigenvalue weighted by Gasteiger charge is -2.49. The Morgan fingerprint density at radius 3 is 2.61 bits per heavy atom. The van der Waals surface area contributed by atoms with Gasteiger partial charge in [-0.25, -0.2) is 22.6 Å². The highest BCUT2D eigenvalue weighted by molar-refractivity contribution is 5.75. The lowest BCUT2D eigenvalue weighted by Crippen LogP contribution is -2.63. The zero-order valence-corrected chi connectivity index (χ0v) is 16.8. The Morgan fingerprint density at radius 1 is 1.29 bits per heavy atom. The predicted molar refractivity (Wildman–Crippen MR) is 96.0 cm³/mol. The van der Waals surface area contributed by atoms with Crippen molar-refractivity contribution in [1.82, 2.24) is 15.0 Å². The first-order valence-electron chi connectivity index (χ1n) is 9.41. The van der Waals surface area contributed by atoms with Gasteiger partial charge in [-0.15, -0.1) is 5.10 Å². The van der Waals surface area contributed by atoms with E-state index in [2.05, 4.69) is 10.3 Å². The molecular weight excluding hydrogens is 423 g/mol. The smallest absolute Gasteiger partial charge is 0.337 e. The van der Waals surface area contributed by atoms with Gasteiger partial charge in [0, 0.05) is 5.56 Å². The number of esters is 1. The molecule has 0 amide bonds. The van der Waals surface area contributed by atoms with E-state index in [1.165, 1.54) is 10.9 Å². The van der Waals surface area contributed by atoms with E-state index in [4.69, 9.17) is 18.9 Å². The Balaban J connectivity index is 1.72. The van der Waals surface area contributed by atoms with Gasteiger partial charge in [0.25, 0.3) is 0 Å². The predicted octanol–water partition coefficient (Wildman–Crippen LogP) is 1.36. The number of carbonyl (C=O) groups excluding carboxylic acids is 1. The van der Waals surface area contributed by atoms with Gasteiger partial charge in [0.1, 0.15) is 30.0 Å². The topological polar surface area (TPSA) is 105 Å². The van der Waals surface area contributed by atoms with Crippen LogP contribution in [0.5, 0.6) is 0 Å². The number of rotatable bonds is 3. The number of ether oxygens (including phenoxy) is 4. The number of hydrogen-bond acceptors (Lipinski definition) is 8. The highest BCUT2D eigenvalue weighted by atomic mass is 19.2. The van der Waals surface area contributed by atoms with Crippen molar-refractivity contribution in [1.29, 1.82) is 0 Å². The number of aliphatic hydroxyl groups excluding tert-OH is 1. The highest BCUT2D eigenvalue weighted by Crippen LogP contribution is 2.38. The van der Waals surface area contributed by atoms with Crippen LogP contribution in [0.1, 0.15) is 19.9 Å². The zero-order chi connectivity index (χ0) is 22.5. The summed E-state index contributed by atoms with van der Waals surface area (Å²) in [5.41, 5.74) is -0.0347. The Bertz CT molecular complexity index is 977. The summed E-state index contributed by atoms with van der Waals surface area (Å²) in [6.07, 6.45) is -3.02. The van der Waals surface area contributed by atoms with Gasteiger partial charge in [-0.05, 0) is 26.0 Å². The minimum Gasteiger partial charge on any atom is -0.467 e. The molecule has 2 saturated heterocycles. The molecular formula is C19H20F3N3O6. The average Bonchev–Trinajstić information content (AvgIpc) is 3.19. The summed E-state index contributed by atoms with van der Waals surface area (Å²) >= 11 is 0. The van der Waals surface area contributed by atoms with Crippen LogP contribution in [0.4, 0.5) is 13.2 Å². The van der Waals surface area contributed by atoms with E-state index < -0.39 is 59.7 Å². The fraction of sp³-hybridized carbons (Fsp3) is 0.526. The maximum atomic E-state index is 13.6. The number of halogens is 3. The van der Waals surface area contributed by atoms with Crippen LogP contribution in [0.2, 0.25) is 0 Å². The van der Waals surface area contributed by atoms with E-state index in [0.29, 0.717) is 0 Å². The second-order valence-electron chi connectivity index (χ2n) is 7.73. The van der Waals surface area contributed by atoms with Crippen LogP contribution in [0.15, 0.2) is 18.3 Å². The molecule has 0 aliphatic carbocycles. The third-order valence-electron chi connectivity index (χ3n) is 5.23. The molecule has 1 aromatic carbocycles. The molecule has 2 aliphatic rings. The molecule has 31 heavy (non-hydrogen) atoms. The van der Waals surface area contributed by atoms with Gasteiger partial charge < -0.3 is 24.1 Å². The first kappa shape index (κ1) is 21.7. The standard InChI is InChI=1S/C19H20F3N3O6/c1-19(2)29-7-12-16(31-19)14(15(26)17(30-12)18(27)28-3)25-6-11(23-24-25)8-4-9(20)13(22)10(21)5-8/h4-6,12,14-17,26H,7H2,1-3H3/t12-,14-,15-,16+,17-/m1/s1. The first-order valence-corrected chi connectivity index (χ1v) is 9.41. The van der Waals surface area contributed by atoms with Crippen molar-refractivity contribution in [2.45, 2.75) is 50.1 Å². The van der Waals surface area contributed by atoms with Gasteiger partial charge >= 0.3 is 5.97 Å². The molecule has 2 aliphatic heterocycles. The van der Waals surface area contributed by atoms with E-state index in [1.54, 1.807) is 13.8 Å². The fourth-order valence-electron chi connectivity index (χ4n) is 3.74. The molecule has 0 radical (unpaired) electrons. The highest BCUT2D eigenvalue weighted by Gasteiger charge is 2.54. The molecule has 0 saturated carbocycles. The largest absolute Gasteiger partial charge is 0.467 e. The Kier molecular flexibility index (Phi) is 5.50. The Labute approximate surface area is 174 Å². The summed E-state index contributed by atoms with van der Waals surface area (Å²) in [5, 5.41) is 18.7. The number of carbonyl (C=O) groups is 1. The second kappa shape index (κ2) is 7.86. The molecule has 168 valence electrons. The molecule has 3 heterocycles. The number of aromatic nitrogens is 3. The van der Waals surface area contributed by atoms with E-state index in [-0.39, 0.29) is 17.9 Å². The molecule has 0 unspecified atom stereocenters. The molecule has 4 rings (SSSR count). The number of hydrogen-bond donors (Lipinski definition) is 1. The molecule has 2 fully saturated rings. The first-order chi connectivity index (χ1) is 14.6. The number of benzene rings is 1. The number of fused-ring (bicyclic) bond motifs is 1. The van der Waals surface area contributed by atoms with Gasteiger partial charge in [0.2, 0.25) is 0 Å². The van der Waals surface area contributed by atoms with Crippen molar-refractivity contribution in [2.24, 2.45) is 0 Å². The third-order valence-corrected chi connectivity index (χ3v) is 5.23. The Morgan fingerprint density at radius 2 is 1.97 bits per heavy atom. The maximum absolute atomic E-state index is 13.6. The summed E-state index contributed by atoms with van der Waals surface area (Å²) in [4.78, 5) is 12.1. The quantitative estimate of drug-likeness (QED) is 0.560. The lowest BCUT2D eigenvalue weighted by molar-refractivity contribution is -0.346. The van der Waals surface area contributed by atoms with E-state index >= 15 is 0 Å². The second-order valence-corrected chi connectivity index (χ2v) is 7.73. The van der Waals surface area contributed by atoms with Crippen molar-refractivity contribution in [2.75, 3.05) is 13.7 Å².